The van der Waals surface area contributed by atoms with E-state index >= 15 is 0 Å². The van der Waals surface area contributed by atoms with Gasteiger partial charge in [-0.25, -0.2) is 4.68 Å². The van der Waals surface area contributed by atoms with Gasteiger partial charge < -0.3 is 15.8 Å². The summed E-state index contributed by atoms with van der Waals surface area (Å²) >= 11 is 0. The molecule has 0 spiro atoms. The van der Waals surface area contributed by atoms with Gasteiger partial charge in [0.05, 0.1) is 18.0 Å². The highest BCUT2D eigenvalue weighted by Crippen LogP contribution is 2.19. The van der Waals surface area contributed by atoms with E-state index in [1.165, 1.54) is 4.68 Å². The quantitative estimate of drug-likeness (QED) is 0.722. The number of carbonyl (C=O) groups excluding carboxylic acids is 1. The molecule has 1 aliphatic rings. The van der Waals surface area contributed by atoms with Crippen LogP contribution in [0.1, 0.15) is 19.0 Å². The lowest BCUT2D eigenvalue weighted by atomic mass is 10.0. The van der Waals surface area contributed by atoms with Crippen LogP contribution in [0, 0.1) is 5.92 Å². The molecule has 1 aromatic rings. The van der Waals surface area contributed by atoms with Crippen molar-refractivity contribution < 1.29 is 9.53 Å². The molecule has 2 heterocycles. The van der Waals surface area contributed by atoms with E-state index in [1.807, 2.05) is 6.92 Å². The lowest BCUT2D eigenvalue weighted by molar-refractivity contribution is -0.122. The van der Waals surface area contributed by atoms with Crippen LogP contribution in [0.4, 0.5) is 0 Å². The molecule has 2 atom stereocenters. The summed E-state index contributed by atoms with van der Waals surface area (Å²) in [4.78, 5) is 11.7. The van der Waals surface area contributed by atoms with Gasteiger partial charge in [-0.15, -0.1) is 5.10 Å². The van der Waals surface area contributed by atoms with E-state index in [1.54, 1.807) is 6.20 Å². The maximum Gasteiger partial charge on any atom is 0.241 e. The van der Waals surface area contributed by atoms with E-state index in [9.17, 15) is 4.79 Å². The monoisotopic (exact) mass is 253 g/mol. The lowest BCUT2D eigenvalue weighted by Crippen LogP contribution is -2.34. The van der Waals surface area contributed by atoms with Crippen LogP contribution in [-0.4, -0.2) is 40.2 Å². The van der Waals surface area contributed by atoms with Gasteiger partial charge >= 0.3 is 0 Å². The second-order valence-electron chi connectivity index (χ2n) is 4.54. The van der Waals surface area contributed by atoms with E-state index in [4.69, 9.17) is 10.5 Å². The summed E-state index contributed by atoms with van der Waals surface area (Å²) in [6.07, 6.45) is 2.91. The minimum Gasteiger partial charge on any atom is -0.378 e. The number of ether oxygens (including phenoxy) is 1. The molecule has 0 aromatic carbocycles. The van der Waals surface area contributed by atoms with Crippen molar-refractivity contribution in [3.63, 3.8) is 0 Å². The molecule has 1 aromatic heterocycles. The fourth-order valence-corrected chi connectivity index (χ4v) is 2.00. The molecule has 2 unspecified atom stereocenters. The van der Waals surface area contributed by atoms with Crippen molar-refractivity contribution in [2.45, 2.75) is 32.5 Å². The Bertz CT molecular complexity index is 406. The van der Waals surface area contributed by atoms with Gasteiger partial charge in [0, 0.05) is 25.6 Å². The van der Waals surface area contributed by atoms with Crippen LogP contribution >= 0.6 is 0 Å². The molecule has 3 N–H and O–H groups in total. The van der Waals surface area contributed by atoms with Crippen LogP contribution in [0.5, 0.6) is 0 Å². The van der Waals surface area contributed by atoms with Gasteiger partial charge in [-0.05, 0) is 13.3 Å². The number of aromatic nitrogens is 3. The van der Waals surface area contributed by atoms with Crippen LogP contribution in [-0.2, 0) is 22.6 Å². The van der Waals surface area contributed by atoms with Crippen LogP contribution in [0.15, 0.2) is 6.20 Å². The lowest BCUT2D eigenvalue weighted by Gasteiger charge is -2.14. The van der Waals surface area contributed by atoms with Crippen molar-refractivity contribution in [2.24, 2.45) is 11.7 Å². The highest BCUT2D eigenvalue weighted by Gasteiger charge is 2.24. The second-order valence-corrected chi connectivity index (χ2v) is 4.54. The van der Waals surface area contributed by atoms with Crippen molar-refractivity contribution in [2.75, 3.05) is 13.2 Å². The zero-order valence-corrected chi connectivity index (χ0v) is 10.5. The number of rotatable bonds is 5. The third-order valence-corrected chi connectivity index (χ3v) is 3.20. The number of amides is 1. The maximum absolute atomic E-state index is 11.7. The molecule has 1 saturated heterocycles. The van der Waals surface area contributed by atoms with Crippen molar-refractivity contribution in [3.8, 4) is 0 Å². The first-order valence-corrected chi connectivity index (χ1v) is 6.16. The zero-order valence-electron chi connectivity index (χ0n) is 10.5. The fourth-order valence-electron chi connectivity index (χ4n) is 2.00. The molecule has 0 aliphatic carbocycles. The molecule has 1 amide bonds. The Morgan fingerprint density at radius 2 is 2.56 bits per heavy atom. The van der Waals surface area contributed by atoms with Crippen LogP contribution in [0.2, 0.25) is 0 Å². The van der Waals surface area contributed by atoms with E-state index in [-0.39, 0.29) is 18.6 Å². The summed E-state index contributed by atoms with van der Waals surface area (Å²) in [6.45, 7) is 3.98. The number of hydrogen-bond donors (Lipinski definition) is 2. The van der Waals surface area contributed by atoms with Crippen LogP contribution in [0.25, 0.3) is 0 Å². The molecule has 1 aliphatic heterocycles. The normalized spacial score (nSPS) is 23.2. The molecule has 1 fully saturated rings. The summed E-state index contributed by atoms with van der Waals surface area (Å²) in [7, 11) is 0. The Morgan fingerprint density at radius 3 is 3.17 bits per heavy atom. The molecular weight excluding hydrogens is 234 g/mol. The highest BCUT2D eigenvalue weighted by molar-refractivity contribution is 5.75. The molecule has 7 nitrogen and oxygen atoms in total. The SMILES string of the molecule is CC1OCCC1CNC(=O)Cn1cc(CN)nn1. The average molecular weight is 253 g/mol. The molecule has 2 rings (SSSR count). The third kappa shape index (κ3) is 3.27. The standard InChI is InChI=1S/C11H19N5O2/c1-8-9(2-3-18-8)5-13-11(17)7-16-6-10(4-12)14-15-16/h6,8-9H,2-5,7,12H2,1H3,(H,13,17). The van der Waals surface area contributed by atoms with Gasteiger partial charge in [0.1, 0.15) is 6.54 Å². The van der Waals surface area contributed by atoms with Crippen molar-refractivity contribution in [1.82, 2.24) is 20.3 Å². The van der Waals surface area contributed by atoms with Gasteiger partial charge in [-0.1, -0.05) is 5.21 Å². The van der Waals surface area contributed by atoms with E-state index in [0.29, 0.717) is 24.7 Å². The summed E-state index contributed by atoms with van der Waals surface area (Å²) in [6, 6.07) is 0. The average Bonchev–Trinajstić information content (AvgIpc) is 2.96. The number of carbonyl (C=O) groups is 1. The smallest absolute Gasteiger partial charge is 0.241 e. The summed E-state index contributed by atoms with van der Waals surface area (Å²) < 4.78 is 6.93. The Kier molecular flexibility index (Phi) is 4.27. The summed E-state index contributed by atoms with van der Waals surface area (Å²) in [5.41, 5.74) is 6.10. The molecule has 0 radical (unpaired) electrons. The first kappa shape index (κ1) is 13.0. The summed E-state index contributed by atoms with van der Waals surface area (Å²) in [5, 5.41) is 10.5. The van der Waals surface area contributed by atoms with Crippen molar-refractivity contribution in [1.29, 1.82) is 0 Å². The van der Waals surface area contributed by atoms with Gasteiger partial charge in [0.15, 0.2) is 0 Å². The number of nitrogens with zero attached hydrogens (tertiary/aromatic N) is 3. The van der Waals surface area contributed by atoms with E-state index < -0.39 is 0 Å². The summed E-state index contributed by atoms with van der Waals surface area (Å²) in [5.74, 6) is 0.340. The predicted molar refractivity (Wildman–Crippen MR) is 64.4 cm³/mol. The molecule has 18 heavy (non-hydrogen) atoms. The number of nitrogens with two attached hydrogens (primary N) is 1. The van der Waals surface area contributed by atoms with Gasteiger partial charge in [-0.3, -0.25) is 4.79 Å². The first-order valence-electron chi connectivity index (χ1n) is 6.16. The van der Waals surface area contributed by atoms with Crippen molar-refractivity contribution >= 4 is 5.91 Å². The molecule has 0 saturated carbocycles. The molecular formula is C11H19N5O2. The topological polar surface area (TPSA) is 95.1 Å². The Labute approximate surface area is 106 Å². The van der Waals surface area contributed by atoms with Gasteiger partial charge in [0.25, 0.3) is 0 Å². The Balaban J connectivity index is 1.74. The molecule has 7 heteroatoms. The second kappa shape index (κ2) is 5.92. The number of nitrogens with one attached hydrogen (secondary N) is 1. The number of hydrogen-bond acceptors (Lipinski definition) is 5. The fraction of sp³-hybridized carbons (Fsp3) is 0.727. The van der Waals surface area contributed by atoms with Crippen molar-refractivity contribution in [3.05, 3.63) is 11.9 Å². The predicted octanol–water partition coefficient (Wildman–Crippen LogP) is -0.722. The minimum absolute atomic E-state index is 0.0671. The Hall–Kier alpha value is -1.47. The van der Waals surface area contributed by atoms with E-state index in [2.05, 4.69) is 15.6 Å². The van der Waals surface area contributed by atoms with Gasteiger partial charge in [-0.2, -0.15) is 0 Å². The Morgan fingerprint density at radius 1 is 1.72 bits per heavy atom. The third-order valence-electron chi connectivity index (χ3n) is 3.20. The largest absolute Gasteiger partial charge is 0.378 e. The highest BCUT2D eigenvalue weighted by atomic mass is 16.5. The zero-order chi connectivity index (χ0) is 13.0. The van der Waals surface area contributed by atoms with E-state index in [0.717, 1.165) is 13.0 Å². The molecule has 100 valence electrons. The molecule has 0 bridgehead atoms. The first-order chi connectivity index (χ1) is 8.69. The van der Waals surface area contributed by atoms with Gasteiger partial charge in [0.2, 0.25) is 5.91 Å². The van der Waals surface area contributed by atoms with Crippen LogP contribution in [0.3, 0.4) is 0 Å². The van der Waals surface area contributed by atoms with Crippen LogP contribution < -0.4 is 11.1 Å². The minimum atomic E-state index is -0.0671. The maximum atomic E-state index is 11.7.